The summed E-state index contributed by atoms with van der Waals surface area (Å²) in [4.78, 5) is 31.4. The minimum Gasteiger partial charge on any atom is -0.493 e. The summed E-state index contributed by atoms with van der Waals surface area (Å²) < 4.78 is 10.6. The van der Waals surface area contributed by atoms with Gasteiger partial charge in [-0.25, -0.2) is 4.79 Å². The fraction of sp³-hybridized carbons (Fsp3) is 0.150. The number of para-hydroxylation sites is 1. The lowest BCUT2D eigenvalue weighted by Gasteiger charge is -2.18. The molecule has 0 N–H and O–H groups in total. The third-order valence-electron chi connectivity index (χ3n) is 4.29. The van der Waals surface area contributed by atoms with Crippen molar-refractivity contribution in [3.8, 4) is 5.75 Å². The quantitative estimate of drug-likeness (QED) is 0.682. The van der Waals surface area contributed by atoms with Gasteiger partial charge >= 0.3 is 5.63 Å². The number of fused-ring (bicyclic) bond motifs is 1. The minimum atomic E-state index is -0.689. The number of methoxy groups -OCH3 is 1. The first kappa shape index (κ1) is 16.1. The van der Waals surface area contributed by atoms with Gasteiger partial charge in [0.2, 0.25) is 0 Å². The second-order valence-electron chi connectivity index (χ2n) is 5.85. The van der Waals surface area contributed by atoms with Gasteiger partial charge in [0.25, 0.3) is 5.91 Å². The SMILES string of the molecule is COc1cccc2cc(C(=O)N3CCN=C3c3ccccc3)c(=O)oc12. The summed E-state index contributed by atoms with van der Waals surface area (Å²) in [6, 6.07) is 16.2. The van der Waals surface area contributed by atoms with Gasteiger partial charge in [0.05, 0.1) is 13.7 Å². The maximum Gasteiger partial charge on any atom is 0.349 e. The Balaban J connectivity index is 1.76. The van der Waals surface area contributed by atoms with E-state index in [0.717, 1.165) is 5.56 Å². The molecule has 0 spiro atoms. The van der Waals surface area contributed by atoms with Crippen LogP contribution >= 0.6 is 0 Å². The van der Waals surface area contributed by atoms with Gasteiger partial charge in [0, 0.05) is 17.5 Å². The molecular formula is C20H16N2O4. The average Bonchev–Trinajstić information content (AvgIpc) is 3.17. The Morgan fingerprint density at radius 3 is 2.73 bits per heavy atom. The fourth-order valence-corrected chi connectivity index (χ4v) is 3.05. The van der Waals surface area contributed by atoms with Gasteiger partial charge in [-0.3, -0.25) is 14.7 Å². The minimum absolute atomic E-state index is 0.0173. The van der Waals surface area contributed by atoms with E-state index in [1.165, 1.54) is 12.0 Å². The van der Waals surface area contributed by atoms with Crippen molar-refractivity contribution in [2.75, 3.05) is 20.2 Å². The molecule has 4 rings (SSSR count). The van der Waals surface area contributed by atoms with Crippen LogP contribution in [0.25, 0.3) is 11.0 Å². The number of amidine groups is 1. The van der Waals surface area contributed by atoms with E-state index in [1.54, 1.807) is 24.3 Å². The van der Waals surface area contributed by atoms with Crippen molar-refractivity contribution in [3.05, 3.63) is 76.1 Å². The molecule has 0 bridgehead atoms. The van der Waals surface area contributed by atoms with Crippen molar-refractivity contribution >= 4 is 22.7 Å². The van der Waals surface area contributed by atoms with E-state index in [9.17, 15) is 9.59 Å². The number of aliphatic imine (C=N–C) groups is 1. The van der Waals surface area contributed by atoms with Crippen LogP contribution in [0.3, 0.4) is 0 Å². The number of nitrogens with zero attached hydrogens (tertiary/aromatic N) is 2. The summed E-state index contributed by atoms with van der Waals surface area (Å²) >= 11 is 0. The molecular weight excluding hydrogens is 332 g/mol. The highest BCUT2D eigenvalue weighted by molar-refractivity contribution is 6.13. The molecule has 0 unspecified atom stereocenters. The van der Waals surface area contributed by atoms with Gasteiger partial charge in [-0.15, -0.1) is 0 Å². The number of carbonyl (C=O) groups excluding carboxylic acids is 1. The molecule has 0 radical (unpaired) electrons. The van der Waals surface area contributed by atoms with Crippen LogP contribution in [0, 0.1) is 0 Å². The van der Waals surface area contributed by atoms with Crippen molar-refractivity contribution in [1.29, 1.82) is 0 Å². The van der Waals surface area contributed by atoms with E-state index in [-0.39, 0.29) is 5.56 Å². The topological polar surface area (TPSA) is 72.1 Å². The van der Waals surface area contributed by atoms with E-state index in [2.05, 4.69) is 4.99 Å². The largest absolute Gasteiger partial charge is 0.493 e. The zero-order valence-electron chi connectivity index (χ0n) is 14.1. The molecule has 0 fully saturated rings. The molecule has 0 aliphatic carbocycles. The first-order valence-corrected chi connectivity index (χ1v) is 8.21. The number of rotatable bonds is 3. The van der Waals surface area contributed by atoms with Gasteiger partial charge in [-0.2, -0.15) is 0 Å². The zero-order chi connectivity index (χ0) is 18.1. The Labute approximate surface area is 149 Å². The highest BCUT2D eigenvalue weighted by atomic mass is 16.5. The molecule has 1 aliphatic rings. The zero-order valence-corrected chi connectivity index (χ0v) is 14.1. The maximum atomic E-state index is 13.0. The highest BCUT2D eigenvalue weighted by Gasteiger charge is 2.28. The van der Waals surface area contributed by atoms with Crippen molar-refractivity contribution in [2.24, 2.45) is 4.99 Å². The number of carbonyl (C=O) groups is 1. The van der Waals surface area contributed by atoms with E-state index in [1.807, 2.05) is 30.3 Å². The molecule has 2 heterocycles. The lowest BCUT2D eigenvalue weighted by Crippen LogP contribution is -2.37. The van der Waals surface area contributed by atoms with Crippen molar-refractivity contribution < 1.29 is 13.9 Å². The number of hydrogen-bond donors (Lipinski definition) is 0. The molecule has 2 aromatic carbocycles. The predicted molar refractivity (Wildman–Crippen MR) is 97.9 cm³/mol. The summed E-state index contributed by atoms with van der Waals surface area (Å²) in [6.45, 7) is 0.932. The lowest BCUT2D eigenvalue weighted by molar-refractivity contribution is 0.0854. The van der Waals surface area contributed by atoms with Crippen LogP contribution in [0.4, 0.5) is 0 Å². The van der Waals surface area contributed by atoms with Crippen LogP contribution in [-0.2, 0) is 0 Å². The second kappa shape index (κ2) is 6.48. The summed E-state index contributed by atoms with van der Waals surface area (Å²) in [5.74, 6) is 0.607. The van der Waals surface area contributed by atoms with Crippen molar-refractivity contribution in [1.82, 2.24) is 4.90 Å². The Kier molecular flexibility index (Phi) is 4.01. The molecule has 26 heavy (non-hydrogen) atoms. The first-order valence-electron chi connectivity index (χ1n) is 8.21. The van der Waals surface area contributed by atoms with Gasteiger partial charge in [-0.1, -0.05) is 42.5 Å². The van der Waals surface area contributed by atoms with Crippen molar-refractivity contribution in [3.63, 3.8) is 0 Å². The van der Waals surface area contributed by atoms with E-state index in [4.69, 9.17) is 9.15 Å². The Morgan fingerprint density at radius 1 is 1.15 bits per heavy atom. The first-order chi connectivity index (χ1) is 12.7. The van der Waals surface area contributed by atoms with Crippen LogP contribution in [0.1, 0.15) is 15.9 Å². The molecule has 0 atom stereocenters. The molecule has 1 amide bonds. The summed E-state index contributed by atoms with van der Waals surface area (Å²) in [6.07, 6.45) is 0. The number of benzene rings is 2. The van der Waals surface area contributed by atoms with Gasteiger partial charge < -0.3 is 9.15 Å². The molecule has 130 valence electrons. The summed E-state index contributed by atoms with van der Waals surface area (Å²) in [5, 5.41) is 0.629. The number of hydrogen-bond acceptors (Lipinski definition) is 5. The van der Waals surface area contributed by atoms with Gasteiger partial charge in [-0.05, 0) is 12.1 Å². The normalized spacial score (nSPS) is 13.7. The molecule has 3 aromatic rings. The second-order valence-corrected chi connectivity index (χ2v) is 5.85. The molecule has 1 aromatic heterocycles. The van der Waals surface area contributed by atoms with Crippen LogP contribution in [0.5, 0.6) is 5.75 Å². The monoisotopic (exact) mass is 348 g/mol. The lowest BCUT2D eigenvalue weighted by atomic mass is 10.1. The third kappa shape index (κ3) is 2.65. The summed E-state index contributed by atoms with van der Waals surface area (Å²) in [5.41, 5.74) is 0.461. The Bertz CT molecular complexity index is 1070. The molecule has 6 nitrogen and oxygen atoms in total. The molecule has 0 saturated heterocycles. The van der Waals surface area contributed by atoms with E-state index >= 15 is 0 Å². The predicted octanol–water partition coefficient (Wildman–Crippen LogP) is 2.70. The molecule has 6 heteroatoms. The van der Waals surface area contributed by atoms with Gasteiger partial charge in [0.1, 0.15) is 11.4 Å². The van der Waals surface area contributed by atoms with Crippen LogP contribution in [0.15, 0.2) is 68.8 Å². The Morgan fingerprint density at radius 2 is 1.96 bits per heavy atom. The number of amides is 1. The van der Waals surface area contributed by atoms with E-state index < -0.39 is 11.5 Å². The van der Waals surface area contributed by atoms with E-state index in [0.29, 0.717) is 35.6 Å². The molecule has 0 saturated carbocycles. The van der Waals surface area contributed by atoms with Crippen LogP contribution < -0.4 is 10.4 Å². The van der Waals surface area contributed by atoms with Crippen LogP contribution in [0.2, 0.25) is 0 Å². The maximum absolute atomic E-state index is 13.0. The highest BCUT2D eigenvalue weighted by Crippen LogP contribution is 2.25. The Hall–Kier alpha value is -3.41. The summed E-state index contributed by atoms with van der Waals surface area (Å²) in [7, 11) is 1.50. The smallest absolute Gasteiger partial charge is 0.349 e. The standard InChI is InChI=1S/C20H16N2O4/c1-25-16-9-5-8-14-12-15(20(24)26-17(14)16)19(23)22-11-10-21-18(22)13-6-3-2-4-7-13/h2-9,12H,10-11H2,1H3. The van der Waals surface area contributed by atoms with Crippen molar-refractivity contribution in [2.45, 2.75) is 0 Å². The number of ether oxygens (including phenoxy) is 1. The molecule has 1 aliphatic heterocycles. The van der Waals surface area contributed by atoms with Gasteiger partial charge in [0.15, 0.2) is 11.3 Å². The third-order valence-corrected chi connectivity index (χ3v) is 4.29. The average molecular weight is 348 g/mol. The fourth-order valence-electron chi connectivity index (χ4n) is 3.05. The van der Waals surface area contributed by atoms with Crippen LogP contribution in [-0.4, -0.2) is 36.8 Å².